The number of nitrogens with zero attached hydrogens (tertiary/aromatic N) is 4. The molecule has 1 amide bonds. The van der Waals surface area contributed by atoms with E-state index in [4.69, 9.17) is 12.2 Å². The molecular weight excluding hydrogens is 410 g/mol. The molecule has 3 N–H and O–H groups in total. The molecule has 0 unspecified atom stereocenters. The number of hydrogen-bond acceptors (Lipinski definition) is 5. The molecule has 156 valence electrons. The number of hydrazine groups is 1. The molecule has 0 aliphatic carbocycles. The van der Waals surface area contributed by atoms with Crippen molar-refractivity contribution in [2.24, 2.45) is 7.05 Å². The average molecular weight is 432 g/mol. The second kappa shape index (κ2) is 9.31. The van der Waals surface area contributed by atoms with E-state index in [1.807, 2.05) is 55.7 Å². The molecule has 0 saturated carbocycles. The van der Waals surface area contributed by atoms with Gasteiger partial charge in [-0.3, -0.25) is 25.3 Å². The van der Waals surface area contributed by atoms with Crippen LogP contribution >= 0.6 is 12.2 Å². The van der Waals surface area contributed by atoms with Crippen LogP contribution in [0, 0.1) is 0 Å². The Hall–Kier alpha value is -3.85. The normalized spacial score (nSPS) is 10.6. The molecule has 0 fully saturated rings. The molecule has 0 spiro atoms. The Bertz CT molecular complexity index is 1220. The van der Waals surface area contributed by atoms with Gasteiger partial charge in [-0.2, -0.15) is 5.10 Å². The topological polar surface area (TPSA) is 96.8 Å². The molecule has 0 bridgehead atoms. The van der Waals surface area contributed by atoms with Crippen molar-refractivity contribution in [2.75, 3.05) is 5.32 Å². The van der Waals surface area contributed by atoms with Crippen molar-refractivity contribution in [3.63, 3.8) is 0 Å². The van der Waals surface area contributed by atoms with E-state index in [1.54, 1.807) is 23.1 Å². The minimum Gasteiger partial charge on any atom is -0.316 e. The quantitative estimate of drug-likeness (QED) is 0.330. The van der Waals surface area contributed by atoms with Crippen LogP contribution in [0.3, 0.4) is 0 Å². The molecule has 31 heavy (non-hydrogen) atoms. The maximum atomic E-state index is 12.0. The van der Waals surface area contributed by atoms with E-state index >= 15 is 0 Å². The zero-order valence-electron chi connectivity index (χ0n) is 16.9. The highest BCUT2D eigenvalue weighted by Gasteiger charge is 2.07. The third kappa shape index (κ3) is 5.40. The van der Waals surface area contributed by atoms with Crippen molar-refractivity contribution in [1.82, 2.24) is 30.6 Å². The predicted octanol–water partition coefficient (Wildman–Crippen LogP) is 2.98. The van der Waals surface area contributed by atoms with Gasteiger partial charge in [-0.15, -0.1) is 0 Å². The molecule has 4 rings (SSSR count). The van der Waals surface area contributed by atoms with Crippen LogP contribution in [-0.2, 0) is 18.3 Å². The number of hydrogen-bond donors (Lipinski definition) is 3. The molecule has 0 aliphatic heterocycles. The smallest absolute Gasteiger partial charge is 0.238 e. The van der Waals surface area contributed by atoms with Gasteiger partial charge in [-0.05, 0) is 42.4 Å². The Morgan fingerprint density at radius 3 is 2.65 bits per heavy atom. The van der Waals surface area contributed by atoms with Crippen LogP contribution in [0.5, 0.6) is 0 Å². The number of rotatable bonds is 5. The lowest BCUT2D eigenvalue weighted by Gasteiger charge is -2.11. The Kier molecular flexibility index (Phi) is 6.13. The molecule has 8 nitrogen and oxygen atoms in total. The van der Waals surface area contributed by atoms with Crippen LogP contribution < -0.4 is 16.2 Å². The first-order chi connectivity index (χ1) is 15.1. The van der Waals surface area contributed by atoms with Gasteiger partial charge in [0.15, 0.2) is 5.11 Å². The van der Waals surface area contributed by atoms with E-state index < -0.39 is 0 Å². The van der Waals surface area contributed by atoms with Gasteiger partial charge in [0.2, 0.25) is 5.91 Å². The third-order valence-corrected chi connectivity index (χ3v) is 4.82. The fourth-order valence-corrected chi connectivity index (χ4v) is 3.20. The van der Waals surface area contributed by atoms with Gasteiger partial charge < -0.3 is 5.32 Å². The minimum absolute atomic E-state index is 0.148. The summed E-state index contributed by atoms with van der Waals surface area (Å²) in [6.45, 7) is 0. The second-order valence-electron chi connectivity index (χ2n) is 6.97. The summed E-state index contributed by atoms with van der Waals surface area (Å²) in [5.41, 5.74) is 9.81. The van der Waals surface area contributed by atoms with E-state index in [2.05, 4.69) is 31.2 Å². The molecule has 9 heteroatoms. The van der Waals surface area contributed by atoms with Gasteiger partial charge in [0.25, 0.3) is 0 Å². The summed E-state index contributed by atoms with van der Waals surface area (Å²) in [4.78, 5) is 21.1. The van der Waals surface area contributed by atoms with Crippen LogP contribution in [-0.4, -0.2) is 30.8 Å². The molecule has 3 heterocycles. The average Bonchev–Trinajstić information content (AvgIpc) is 3.23. The summed E-state index contributed by atoms with van der Waals surface area (Å²) in [5, 5.41) is 7.41. The zero-order valence-corrected chi connectivity index (χ0v) is 17.7. The SMILES string of the molecule is Cn1cc(-c2cnc3ccc(NC(=S)NNC(=O)CCc4ccccc4)nc3c2)cn1. The number of nitrogens with one attached hydrogen (secondary N) is 3. The number of anilines is 1. The van der Waals surface area contributed by atoms with Crippen molar-refractivity contribution >= 4 is 40.1 Å². The fraction of sp³-hybridized carbons (Fsp3) is 0.136. The summed E-state index contributed by atoms with van der Waals surface area (Å²) in [5.74, 6) is 0.401. The summed E-state index contributed by atoms with van der Waals surface area (Å²) in [6, 6.07) is 15.4. The Morgan fingerprint density at radius 2 is 1.87 bits per heavy atom. The molecule has 3 aromatic heterocycles. The number of aromatic nitrogens is 4. The van der Waals surface area contributed by atoms with Crippen molar-refractivity contribution in [3.8, 4) is 11.1 Å². The first-order valence-electron chi connectivity index (χ1n) is 9.72. The van der Waals surface area contributed by atoms with E-state index in [0.717, 1.165) is 27.7 Å². The zero-order chi connectivity index (χ0) is 21.6. The number of thiocarbonyl (C=S) groups is 1. The molecule has 4 aromatic rings. The van der Waals surface area contributed by atoms with E-state index in [9.17, 15) is 4.79 Å². The Balaban J connectivity index is 1.34. The van der Waals surface area contributed by atoms with Gasteiger partial charge in [-0.25, -0.2) is 4.98 Å². The number of pyridine rings is 2. The van der Waals surface area contributed by atoms with Gasteiger partial charge in [0.1, 0.15) is 5.82 Å². The largest absolute Gasteiger partial charge is 0.316 e. The van der Waals surface area contributed by atoms with Crippen LogP contribution in [0.25, 0.3) is 22.2 Å². The molecule has 0 aliphatic rings. The summed E-state index contributed by atoms with van der Waals surface area (Å²) in [7, 11) is 1.87. The molecule has 1 aromatic carbocycles. The molecule has 0 radical (unpaired) electrons. The molecule has 0 atom stereocenters. The number of fused-ring (bicyclic) bond motifs is 1. The molecule has 0 saturated heterocycles. The number of aryl methyl sites for hydroxylation is 2. The van der Waals surface area contributed by atoms with Crippen molar-refractivity contribution < 1.29 is 4.79 Å². The van der Waals surface area contributed by atoms with E-state index in [1.165, 1.54) is 0 Å². The Morgan fingerprint density at radius 1 is 1.03 bits per heavy atom. The number of carbonyl (C=O) groups is 1. The predicted molar refractivity (Wildman–Crippen MR) is 124 cm³/mol. The van der Waals surface area contributed by atoms with Gasteiger partial charge in [0, 0.05) is 37.0 Å². The number of amides is 1. The molecular formula is C22H21N7OS. The van der Waals surface area contributed by atoms with Crippen molar-refractivity contribution in [3.05, 3.63) is 72.7 Å². The number of benzene rings is 1. The second-order valence-corrected chi connectivity index (χ2v) is 7.38. The van der Waals surface area contributed by atoms with Crippen LogP contribution in [0.2, 0.25) is 0 Å². The van der Waals surface area contributed by atoms with Gasteiger partial charge >= 0.3 is 0 Å². The summed E-state index contributed by atoms with van der Waals surface area (Å²) >= 11 is 5.26. The van der Waals surface area contributed by atoms with E-state index in [0.29, 0.717) is 18.7 Å². The minimum atomic E-state index is -0.148. The highest BCUT2D eigenvalue weighted by molar-refractivity contribution is 7.80. The van der Waals surface area contributed by atoms with Gasteiger partial charge in [-0.1, -0.05) is 30.3 Å². The third-order valence-electron chi connectivity index (χ3n) is 4.62. The van der Waals surface area contributed by atoms with Gasteiger partial charge in [0.05, 0.1) is 17.2 Å². The summed E-state index contributed by atoms with van der Waals surface area (Å²) in [6.07, 6.45) is 6.52. The van der Waals surface area contributed by atoms with Crippen LogP contribution in [0.1, 0.15) is 12.0 Å². The first-order valence-corrected chi connectivity index (χ1v) is 10.1. The standard InChI is InChI=1S/C22H21N7OS/c1-29-14-17(13-24-29)16-11-19-18(23-12-16)8-9-20(25-19)26-22(31)28-27-21(30)10-7-15-5-3-2-4-6-15/h2-6,8-9,11-14H,7,10H2,1H3,(H,27,30)(H2,25,26,28,31). The summed E-state index contributed by atoms with van der Waals surface area (Å²) < 4.78 is 1.74. The Labute approximate surface area is 184 Å². The maximum absolute atomic E-state index is 12.0. The lowest BCUT2D eigenvalue weighted by molar-refractivity contribution is -0.121. The lowest BCUT2D eigenvalue weighted by atomic mass is 10.1. The highest BCUT2D eigenvalue weighted by atomic mass is 32.1. The number of carbonyl (C=O) groups excluding carboxylic acids is 1. The lowest BCUT2D eigenvalue weighted by Crippen LogP contribution is -2.43. The van der Waals surface area contributed by atoms with E-state index in [-0.39, 0.29) is 11.0 Å². The van der Waals surface area contributed by atoms with Crippen molar-refractivity contribution in [1.29, 1.82) is 0 Å². The monoisotopic (exact) mass is 431 g/mol. The first kappa shape index (κ1) is 20.4. The van der Waals surface area contributed by atoms with Crippen LogP contribution in [0.4, 0.5) is 5.82 Å². The van der Waals surface area contributed by atoms with Crippen LogP contribution in [0.15, 0.2) is 67.1 Å². The van der Waals surface area contributed by atoms with Crippen molar-refractivity contribution in [2.45, 2.75) is 12.8 Å². The maximum Gasteiger partial charge on any atom is 0.238 e. The highest BCUT2D eigenvalue weighted by Crippen LogP contribution is 2.22. The fourth-order valence-electron chi connectivity index (χ4n) is 3.04.